The Kier molecular flexibility index (Phi) is 4.45. The first-order valence-corrected chi connectivity index (χ1v) is 7.50. The van der Waals surface area contributed by atoms with Crippen LogP contribution >= 0.6 is 0 Å². The molecule has 1 heterocycles. The van der Waals surface area contributed by atoms with Crippen LogP contribution in [0.5, 0.6) is 0 Å². The van der Waals surface area contributed by atoms with Gasteiger partial charge in [-0.05, 0) is 35.7 Å². The van der Waals surface area contributed by atoms with Gasteiger partial charge in [0, 0.05) is 30.1 Å². The molecule has 1 atom stereocenters. The van der Waals surface area contributed by atoms with Gasteiger partial charge in [-0.1, -0.05) is 35.4 Å². The molecule has 116 valence electrons. The Morgan fingerprint density at radius 3 is 2.70 bits per heavy atom. The van der Waals surface area contributed by atoms with E-state index in [9.17, 15) is 4.79 Å². The molecular formula is C17H17N5O. The molecule has 0 aliphatic carbocycles. The summed E-state index contributed by atoms with van der Waals surface area (Å²) in [7, 11) is 0. The summed E-state index contributed by atoms with van der Waals surface area (Å²) >= 11 is 0. The number of amides is 1. The molecule has 1 aliphatic rings. The van der Waals surface area contributed by atoms with Crippen molar-refractivity contribution in [2.45, 2.75) is 6.42 Å². The Morgan fingerprint density at radius 2 is 1.91 bits per heavy atom. The zero-order valence-corrected chi connectivity index (χ0v) is 12.6. The largest absolute Gasteiger partial charge is 0.354 e. The van der Waals surface area contributed by atoms with Crippen molar-refractivity contribution in [3.63, 3.8) is 0 Å². The molecule has 1 saturated heterocycles. The van der Waals surface area contributed by atoms with E-state index in [1.54, 1.807) is 4.90 Å². The molecule has 6 nitrogen and oxygen atoms in total. The van der Waals surface area contributed by atoms with Crippen LogP contribution in [0, 0.1) is 5.92 Å². The quantitative estimate of drug-likeness (QED) is 0.512. The second kappa shape index (κ2) is 6.85. The van der Waals surface area contributed by atoms with Crippen molar-refractivity contribution < 1.29 is 4.79 Å². The number of nitrogens with zero attached hydrogens (tertiary/aromatic N) is 4. The molecule has 6 heteroatoms. The molecule has 0 bridgehead atoms. The number of anilines is 3. The van der Waals surface area contributed by atoms with Gasteiger partial charge in [-0.15, -0.1) is 0 Å². The monoisotopic (exact) mass is 307 g/mol. The molecule has 0 radical (unpaired) electrons. The van der Waals surface area contributed by atoms with Gasteiger partial charge in [0.15, 0.2) is 0 Å². The highest BCUT2D eigenvalue weighted by atomic mass is 16.2. The minimum atomic E-state index is 0.0606. The first-order chi connectivity index (χ1) is 11.3. The minimum absolute atomic E-state index is 0.0606. The molecule has 23 heavy (non-hydrogen) atoms. The Hall–Kier alpha value is -2.98. The van der Waals surface area contributed by atoms with E-state index in [0.717, 1.165) is 17.1 Å². The summed E-state index contributed by atoms with van der Waals surface area (Å²) in [5, 5.41) is 6.94. The van der Waals surface area contributed by atoms with Crippen molar-refractivity contribution in [2.24, 2.45) is 11.0 Å². The Labute approximate surface area is 134 Å². The molecule has 1 fully saturated rings. The number of benzene rings is 2. The third-order valence-corrected chi connectivity index (χ3v) is 3.86. The summed E-state index contributed by atoms with van der Waals surface area (Å²) in [5.74, 6) is 0.133. The van der Waals surface area contributed by atoms with E-state index in [0.29, 0.717) is 19.5 Å². The van der Waals surface area contributed by atoms with Gasteiger partial charge in [0.2, 0.25) is 5.91 Å². The number of carbonyl (C=O) groups excluding carboxylic acids is 1. The predicted octanol–water partition coefficient (Wildman–Crippen LogP) is 4.09. The number of nitrogens with one attached hydrogen (secondary N) is 1. The zero-order valence-electron chi connectivity index (χ0n) is 12.6. The van der Waals surface area contributed by atoms with E-state index in [-0.39, 0.29) is 11.8 Å². The molecule has 3 rings (SSSR count). The summed E-state index contributed by atoms with van der Waals surface area (Å²) in [6.45, 7) is 0.929. The van der Waals surface area contributed by atoms with Crippen LogP contribution in [-0.2, 0) is 4.79 Å². The van der Waals surface area contributed by atoms with E-state index >= 15 is 0 Å². The molecule has 0 spiro atoms. The molecule has 2 aromatic carbocycles. The van der Waals surface area contributed by atoms with Crippen molar-refractivity contribution in [2.75, 3.05) is 23.3 Å². The van der Waals surface area contributed by atoms with Crippen molar-refractivity contribution in [3.8, 4) is 0 Å². The van der Waals surface area contributed by atoms with Crippen molar-refractivity contribution in [1.82, 2.24) is 0 Å². The number of para-hydroxylation sites is 3. The first-order valence-electron chi connectivity index (χ1n) is 7.50. The van der Waals surface area contributed by atoms with Crippen LogP contribution in [-0.4, -0.2) is 19.0 Å². The maximum Gasteiger partial charge on any atom is 0.227 e. The van der Waals surface area contributed by atoms with E-state index in [4.69, 9.17) is 5.53 Å². The number of hydrogen-bond donors (Lipinski definition) is 1. The first kappa shape index (κ1) is 14.9. The van der Waals surface area contributed by atoms with Gasteiger partial charge in [0.25, 0.3) is 0 Å². The van der Waals surface area contributed by atoms with Gasteiger partial charge in [0.1, 0.15) is 0 Å². The number of hydrogen-bond acceptors (Lipinski definition) is 3. The third-order valence-electron chi connectivity index (χ3n) is 3.86. The lowest BCUT2D eigenvalue weighted by Crippen LogP contribution is -2.25. The number of azide groups is 1. The lowest BCUT2D eigenvalue weighted by atomic mass is 10.1. The second-order valence-electron chi connectivity index (χ2n) is 5.50. The minimum Gasteiger partial charge on any atom is -0.354 e. The van der Waals surface area contributed by atoms with E-state index in [1.165, 1.54) is 0 Å². The van der Waals surface area contributed by atoms with Gasteiger partial charge in [-0.25, -0.2) is 0 Å². The maximum atomic E-state index is 12.3. The molecule has 1 N–H and O–H groups in total. The average molecular weight is 307 g/mol. The van der Waals surface area contributed by atoms with Crippen molar-refractivity contribution in [3.05, 3.63) is 65.0 Å². The Balaban J connectivity index is 1.83. The standard InChI is InChI=1S/C17H17N5O/c18-21-19-11-13-10-17(23)22(12-13)16-9-5-4-8-15(16)20-14-6-2-1-3-7-14/h1-9,13,20H,10-12H2. The maximum absolute atomic E-state index is 12.3. The fourth-order valence-corrected chi connectivity index (χ4v) is 2.78. The predicted molar refractivity (Wildman–Crippen MR) is 90.6 cm³/mol. The highest BCUT2D eigenvalue weighted by Gasteiger charge is 2.31. The van der Waals surface area contributed by atoms with Crippen LogP contribution in [0.1, 0.15) is 6.42 Å². The molecule has 0 saturated carbocycles. The Morgan fingerprint density at radius 1 is 1.17 bits per heavy atom. The van der Waals surface area contributed by atoms with Crippen LogP contribution in [0.2, 0.25) is 0 Å². The van der Waals surface area contributed by atoms with Crippen molar-refractivity contribution in [1.29, 1.82) is 0 Å². The van der Waals surface area contributed by atoms with Gasteiger partial charge in [-0.2, -0.15) is 0 Å². The van der Waals surface area contributed by atoms with E-state index in [1.807, 2.05) is 54.6 Å². The topological polar surface area (TPSA) is 81.1 Å². The second-order valence-corrected chi connectivity index (χ2v) is 5.50. The van der Waals surface area contributed by atoms with Crippen LogP contribution in [0.4, 0.5) is 17.1 Å². The normalized spacial score (nSPS) is 17.0. The van der Waals surface area contributed by atoms with Crippen LogP contribution < -0.4 is 10.2 Å². The van der Waals surface area contributed by atoms with E-state index < -0.39 is 0 Å². The van der Waals surface area contributed by atoms with Crippen molar-refractivity contribution >= 4 is 23.0 Å². The zero-order chi connectivity index (χ0) is 16.1. The van der Waals surface area contributed by atoms with E-state index in [2.05, 4.69) is 15.3 Å². The molecular weight excluding hydrogens is 290 g/mol. The summed E-state index contributed by atoms with van der Waals surface area (Å²) in [5.41, 5.74) is 11.1. The summed E-state index contributed by atoms with van der Waals surface area (Å²) in [6.07, 6.45) is 0.415. The molecule has 2 aromatic rings. The summed E-state index contributed by atoms with van der Waals surface area (Å²) in [4.78, 5) is 16.9. The average Bonchev–Trinajstić information content (AvgIpc) is 2.95. The summed E-state index contributed by atoms with van der Waals surface area (Å²) in [6, 6.07) is 17.6. The molecule has 1 amide bonds. The number of carbonyl (C=O) groups is 1. The SMILES string of the molecule is [N-]=[N+]=NCC1CC(=O)N(c2ccccc2Nc2ccccc2)C1. The molecule has 0 aromatic heterocycles. The number of rotatable bonds is 5. The fraction of sp³-hybridized carbons (Fsp3) is 0.235. The fourth-order valence-electron chi connectivity index (χ4n) is 2.78. The lowest BCUT2D eigenvalue weighted by Gasteiger charge is -2.21. The molecule has 1 aliphatic heterocycles. The highest BCUT2D eigenvalue weighted by molar-refractivity contribution is 5.99. The smallest absolute Gasteiger partial charge is 0.227 e. The highest BCUT2D eigenvalue weighted by Crippen LogP contribution is 2.33. The van der Waals surface area contributed by atoms with Gasteiger partial charge >= 0.3 is 0 Å². The lowest BCUT2D eigenvalue weighted by molar-refractivity contribution is -0.117. The van der Waals surface area contributed by atoms with Crippen LogP contribution in [0.3, 0.4) is 0 Å². The third kappa shape index (κ3) is 3.44. The van der Waals surface area contributed by atoms with Crippen LogP contribution in [0.15, 0.2) is 59.7 Å². The summed E-state index contributed by atoms with van der Waals surface area (Å²) < 4.78 is 0. The Bertz CT molecular complexity index is 740. The molecule has 1 unspecified atom stereocenters. The van der Waals surface area contributed by atoms with Gasteiger partial charge in [0.05, 0.1) is 11.4 Å². The van der Waals surface area contributed by atoms with Gasteiger partial charge in [-0.3, -0.25) is 4.79 Å². The van der Waals surface area contributed by atoms with Crippen LogP contribution in [0.25, 0.3) is 10.4 Å². The van der Waals surface area contributed by atoms with Gasteiger partial charge < -0.3 is 10.2 Å².